The zero-order valence-electron chi connectivity index (χ0n) is 7.78. The quantitative estimate of drug-likeness (QED) is 0.428. The van der Waals surface area contributed by atoms with Gasteiger partial charge in [-0.15, -0.1) is 11.6 Å². The van der Waals surface area contributed by atoms with Crippen LogP contribution in [0.5, 0.6) is 0 Å². The van der Waals surface area contributed by atoms with E-state index in [1.807, 2.05) is 0 Å². The highest BCUT2D eigenvalue weighted by Crippen LogP contribution is 2.00. The molecular weight excluding hydrogens is 202 g/mol. The highest BCUT2D eigenvalue weighted by molar-refractivity contribution is 6.17. The molecule has 0 radical (unpaired) electrons. The van der Waals surface area contributed by atoms with Crippen molar-refractivity contribution in [2.24, 2.45) is 0 Å². The molecule has 0 bridgehead atoms. The molecule has 3 nitrogen and oxygen atoms in total. The van der Waals surface area contributed by atoms with Crippen LogP contribution >= 0.6 is 11.6 Å². The van der Waals surface area contributed by atoms with Crippen molar-refractivity contribution < 1.29 is 9.53 Å². The monoisotopic (exact) mass is 213 g/mol. The third-order valence-corrected chi connectivity index (χ3v) is 1.93. The van der Waals surface area contributed by atoms with E-state index in [1.165, 1.54) is 6.20 Å². The molecule has 4 heteroatoms. The second-order valence-electron chi connectivity index (χ2n) is 2.77. The van der Waals surface area contributed by atoms with E-state index in [0.717, 1.165) is 12.8 Å². The fourth-order valence-corrected chi connectivity index (χ4v) is 1.12. The van der Waals surface area contributed by atoms with Crippen LogP contribution in [-0.2, 0) is 4.74 Å². The Hall–Kier alpha value is -1.09. The Bertz CT molecular complexity index is 277. The van der Waals surface area contributed by atoms with Crippen molar-refractivity contribution in [3.8, 4) is 0 Å². The number of alkyl halides is 1. The summed E-state index contributed by atoms with van der Waals surface area (Å²) in [5, 5.41) is 0. The number of halogens is 1. The Labute approximate surface area is 88.1 Å². The van der Waals surface area contributed by atoms with Gasteiger partial charge in [0.05, 0.1) is 12.2 Å². The first-order chi connectivity index (χ1) is 6.84. The van der Waals surface area contributed by atoms with Gasteiger partial charge in [0.25, 0.3) is 0 Å². The molecule has 0 N–H and O–H groups in total. The van der Waals surface area contributed by atoms with Gasteiger partial charge in [0.1, 0.15) is 0 Å². The minimum atomic E-state index is -0.326. The number of unbranched alkanes of at least 4 members (excludes halogenated alkanes) is 1. The molecule has 0 unspecified atom stereocenters. The SMILES string of the molecule is O=C(OCCCCCl)c1cccnc1. The molecular formula is C10H12ClNO2. The van der Waals surface area contributed by atoms with Crippen molar-refractivity contribution in [2.45, 2.75) is 12.8 Å². The van der Waals surface area contributed by atoms with Crippen molar-refractivity contribution in [3.05, 3.63) is 30.1 Å². The van der Waals surface area contributed by atoms with Crippen molar-refractivity contribution in [2.75, 3.05) is 12.5 Å². The molecule has 0 aliphatic carbocycles. The van der Waals surface area contributed by atoms with Crippen molar-refractivity contribution in [1.29, 1.82) is 0 Å². The van der Waals surface area contributed by atoms with Crippen LogP contribution in [-0.4, -0.2) is 23.4 Å². The lowest BCUT2D eigenvalue weighted by molar-refractivity contribution is 0.0499. The molecule has 0 aliphatic heterocycles. The summed E-state index contributed by atoms with van der Waals surface area (Å²) in [4.78, 5) is 15.1. The summed E-state index contributed by atoms with van der Waals surface area (Å²) in [6.45, 7) is 0.417. The molecule has 0 aromatic carbocycles. The lowest BCUT2D eigenvalue weighted by Gasteiger charge is -2.02. The first kappa shape index (κ1) is 11.0. The summed E-state index contributed by atoms with van der Waals surface area (Å²) in [5.41, 5.74) is 0.485. The molecule has 14 heavy (non-hydrogen) atoms. The molecule has 0 amide bonds. The fourth-order valence-electron chi connectivity index (χ4n) is 0.928. The van der Waals surface area contributed by atoms with Gasteiger partial charge in [-0.05, 0) is 25.0 Å². The summed E-state index contributed by atoms with van der Waals surface area (Å²) >= 11 is 5.48. The van der Waals surface area contributed by atoms with Gasteiger partial charge in [0.15, 0.2) is 0 Å². The Morgan fingerprint density at radius 2 is 2.36 bits per heavy atom. The summed E-state index contributed by atoms with van der Waals surface area (Å²) in [5.74, 6) is 0.275. The predicted octanol–water partition coefficient (Wildman–Crippen LogP) is 2.26. The van der Waals surface area contributed by atoms with Crippen molar-refractivity contribution in [1.82, 2.24) is 4.98 Å². The van der Waals surface area contributed by atoms with Crippen LogP contribution in [0.2, 0.25) is 0 Å². The maximum Gasteiger partial charge on any atom is 0.339 e. The number of esters is 1. The first-order valence-electron chi connectivity index (χ1n) is 4.47. The highest BCUT2D eigenvalue weighted by Gasteiger charge is 2.05. The predicted molar refractivity (Wildman–Crippen MR) is 54.5 cm³/mol. The highest BCUT2D eigenvalue weighted by atomic mass is 35.5. The molecule has 76 valence electrons. The van der Waals surface area contributed by atoms with Crippen LogP contribution < -0.4 is 0 Å². The number of carbonyl (C=O) groups is 1. The second-order valence-corrected chi connectivity index (χ2v) is 3.15. The maximum atomic E-state index is 11.3. The average Bonchev–Trinajstić information content (AvgIpc) is 2.25. The number of hydrogen-bond acceptors (Lipinski definition) is 3. The minimum Gasteiger partial charge on any atom is -0.462 e. The molecule has 1 rings (SSSR count). The lowest BCUT2D eigenvalue weighted by Crippen LogP contribution is -2.06. The van der Waals surface area contributed by atoms with E-state index >= 15 is 0 Å². The zero-order valence-corrected chi connectivity index (χ0v) is 8.54. The summed E-state index contributed by atoms with van der Waals surface area (Å²) < 4.78 is 4.99. The summed E-state index contributed by atoms with van der Waals surface area (Å²) in [6.07, 6.45) is 4.77. The van der Waals surface area contributed by atoms with Crippen LogP contribution in [0.25, 0.3) is 0 Å². The smallest absolute Gasteiger partial charge is 0.339 e. The largest absolute Gasteiger partial charge is 0.462 e. The molecule has 0 atom stereocenters. The third kappa shape index (κ3) is 3.75. The van der Waals surface area contributed by atoms with Gasteiger partial charge in [-0.3, -0.25) is 4.98 Å². The van der Waals surface area contributed by atoms with Crippen LogP contribution in [0.4, 0.5) is 0 Å². The number of aromatic nitrogens is 1. The molecule has 1 aromatic rings. The zero-order chi connectivity index (χ0) is 10.2. The molecule has 0 saturated heterocycles. The van der Waals surface area contributed by atoms with Gasteiger partial charge in [-0.25, -0.2) is 4.79 Å². The third-order valence-electron chi connectivity index (χ3n) is 1.66. The minimum absolute atomic E-state index is 0.326. The van der Waals surface area contributed by atoms with E-state index in [4.69, 9.17) is 16.3 Å². The summed E-state index contributed by atoms with van der Waals surface area (Å²) in [7, 11) is 0. The summed E-state index contributed by atoms with van der Waals surface area (Å²) in [6, 6.07) is 3.38. The first-order valence-corrected chi connectivity index (χ1v) is 5.01. The topological polar surface area (TPSA) is 39.2 Å². The molecule has 0 fully saturated rings. The molecule has 1 aromatic heterocycles. The number of nitrogens with zero attached hydrogens (tertiary/aromatic N) is 1. The van der Waals surface area contributed by atoms with Gasteiger partial charge < -0.3 is 4.74 Å². The van der Waals surface area contributed by atoms with Gasteiger partial charge in [0.2, 0.25) is 0 Å². The second kappa shape index (κ2) is 6.38. The number of rotatable bonds is 5. The normalized spacial score (nSPS) is 9.79. The van der Waals surface area contributed by atoms with Crippen LogP contribution in [0.3, 0.4) is 0 Å². The Morgan fingerprint density at radius 1 is 1.50 bits per heavy atom. The lowest BCUT2D eigenvalue weighted by atomic mass is 10.3. The number of hydrogen-bond donors (Lipinski definition) is 0. The van der Waals surface area contributed by atoms with Gasteiger partial charge in [0, 0.05) is 18.3 Å². The van der Waals surface area contributed by atoms with E-state index in [9.17, 15) is 4.79 Å². The molecule has 0 aliphatic rings. The molecule has 0 spiro atoms. The van der Waals surface area contributed by atoms with Crippen LogP contribution in [0, 0.1) is 0 Å². The van der Waals surface area contributed by atoms with E-state index < -0.39 is 0 Å². The fraction of sp³-hybridized carbons (Fsp3) is 0.400. The average molecular weight is 214 g/mol. The van der Waals surface area contributed by atoms with Crippen LogP contribution in [0.15, 0.2) is 24.5 Å². The van der Waals surface area contributed by atoms with E-state index in [0.29, 0.717) is 18.1 Å². The molecule has 1 heterocycles. The van der Waals surface area contributed by atoms with Crippen molar-refractivity contribution in [3.63, 3.8) is 0 Å². The van der Waals surface area contributed by atoms with Gasteiger partial charge in [-0.2, -0.15) is 0 Å². The Kier molecular flexibility index (Phi) is 5.00. The van der Waals surface area contributed by atoms with Gasteiger partial charge >= 0.3 is 5.97 Å². The van der Waals surface area contributed by atoms with E-state index in [1.54, 1.807) is 18.3 Å². The number of pyridine rings is 1. The Balaban J connectivity index is 2.29. The van der Waals surface area contributed by atoms with E-state index in [2.05, 4.69) is 4.98 Å². The molecule has 0 saturated carbocycles. The van der Waals surface area contributed by atoms with E-state index in [-0.39, 0.29) is 5.97 Å². The Morgan fingerprint density at radius 3 is 3.00 bits per heavy atom. The number of carbonyl (C=O) groups excluding carboxylic acids is 1. The number of ether oxygens (including phenoxy) is 1. The maximum absolute atomic E-state index is 11.3. The standard InChI is InChI=1S/C10H12ClNO2/c11-5-1-2-7-14-10(13)9-4-3-6-12-8-9/h3-4,6,8H,1-2,5,7H2. The van der Waals surface area contributed by atoms with Crippen LogP contribution in [0.1, 0.15) is 23.2 Å². The van der Waals surface area contributed by atoms with Crippen molar-refractivity contribution >= 4 is 17.6 Å². The van der Waals surface area contributed by atoms with Gasteiger partial charge in [-0.1, -0.05) is 0 Å².